The predicted molar refractivity (Wildman–Crippen MR) is 65.8 cm³/mol. The smallest absolute Gasteiger partial charge is 0.232 e. The Hall–Kier alpha value is 0.200. The fourth-order valence-corrected chi connectivity index (χ4v) is 2.37. The Morgan fingerprint density at radius 3 is 2.20 bits per heavy atom. The molecule has 1 unspecified atom stereocenters. The molecule has 0 spiro atoms. The molecule has 1 atom stereocenters. The summed E-state index contributed by atoms with van der Waals surface area (Å²) in [5, 5.41) is 0. The van der Waals surface area contributed by atoms with Crippen LogP contribution in [0, 0.1) is 5.92 Å². The van der Waals surface area contributed by atoms with E-state index in [0.29, 0.717) is 18.4 Å². The lowest BCUT2D eigenvalue weighted by Gasteiger charge is -2.25. The highest BCUT2D eigenvalue weighted by atomic mass is 35.7. The van der Waals surface area contributed by atoms with E-state index in [0.717, 1.165) is 13.0 Å². The van der Waals surface area contributed by atoms with E-state index in [2.05, 4.69) is 25.7 Å². The zero-order valence-electron chi connectivity index (χ0n) is 10.0. The minimum absolute atomic E-state index is 0.0628. The minimum atomic E-state index is -3.32. The van der Waals surface area contributed by atoms with Gasteiger partial charge in [-0.1, -0.05) is 13.8 Å². The van der Waals surface area contributed by atoms with Crippen LogP contribution in [0.25, 0.3) is 0 Å². The van der Waals surface area contributed by atoms with Crippen molar-refractivity contribution >= 4 is 19.7 Å². The van der Waals surface area contributed by atoms with E-state index in [9.17, 15) is 8.42 Å². The van der Waals surface area contributed by atoms with E-state index in [1.165, 1.54) is 0 Å². The summed E-state index contributed by atoms with van der Waals surface area (Å²) in [4.78, 5) is 2.18. The molecule has 0 radical (unpaired) electrons. The normalized spacial score (nSPS) is 14.9. The molecule has 0 saturated heterocycles. The first-order chi connectivity index (χ1) is 6.72. The van der Waals surface area contributed by atoms with E-state index in [-0.39, 0.29) is 5.75 Å². The Morgan fingerprint density at radius 1 is 1.27 bits per heavy atom. The first-order valence-electron chi connectivity index (χ1n) is 5.35. The zero-order chi connectivity index (χ0) is 12.1. The van der Waals surface area contributed by atoms with Gasteiger partial charge in [0.05, 0.1) is 5.75 Å². The second kappa shape index (κ2) is 6.71. The SMILES string of the molecule is CC(C)CC(C)N(C)CCCS(=O)(=O)Cl. The molecular formula is C10H22ClNO2S. The fraction of sp³-hybridized carbons (Fsp3) is 1.00. The number of hydrogen-bond acceptors (Lipinski definition) is 3. The van der Waals surface area contributed by atoms with Crippen molar-refractivity contribution in [2.24, 2.45) is 5.92 Å². The fourth-order valence-electron chi connectivity index (χ4n) is 1.57. The average Bonchev–Trinajstić information content (AvgIpc) is 2.00. The third-order valence-electron chi connectivity index (χ3n) is 2.46. The summed E-state index contributed by atoms with van der Waals surface area (Å²) in [6, 6.07) is 0.489. The summed E-state index contributed by atoms with van der Waals surface area (Å²) in [5.74, 6) is 0.729. The molecule has 0 aromatic carbocycles. The van der Waals surface area contributed by atoms with Crippen LogP contribution >= 0.6 is 10.7 Å². The van der Waals surface area contributed by atoms with Gasteiger partial charge in [0.1, 0.15) is 0 Å². The van der Waals surface area contributed by atoms with Gasteiger partial charge >= 0.3 is 0 Å². The second-order valence-electron chi connectivity index (χ2n) is 4.56. The molecule has 0 heterocycles. The van der Waals surface area contributed by atoms with Crippen LogP contribution in [0.3, 0.4) is 0 Å². The van der Waals surface area contributed by atoms with E-state index in [4.69, 9.17) is 10.7 Å². The second-order valence-corrected chi connectivity index (χ2v) is 7.45. The molecule has 15 heavy (non-hydrogen) atoms. The van der Waals surface area contributed by atoms with Gasteiger partial charge < -0.3 is 4.90 Å². The van der Waals surface area contributed by atoms with Crippen LogP contribution in [0.1, 0.15) is 33.6 Å². The molecule has 0 amide bonds. The topological polar surface area (TPSA) is 37.4 Å². The van der Waals surface area contributed by atoms with Gasteiger partial charge in [0, 0.05) is 16.7 Å². The Kier molecular flexibility index (Phi) is 6.80. The summed E-state index contributed by atoms with van der Waals surface area (Å²) in [7, 11) is 3.83. The van der Waals surface area contributed by atoms with Crippen molar-refractivity contribution in [3.63, 3.8) is 0 Å². The van der Waals surface area contributed by atoms with Crippen molar-refractivity contribution in [3.05, 3.63) is 0 Å². The first-order valence-corrected chi connectivity index (χ1v) is 7.82. The standard InChI is InChI=1S/C10H22ClNO2S/c1-9(2)8-10(3)12(4)6-5-7-15(11,13)14/h9-10H,5-8H2,1-4H3. The average molecular weight is 256 g/mol. The van der Waals surface area contributed by atoms with Crippen LogP contribution in [0.5, 0.6) is 0 Å². The molecule has 0 aliphatic carbocycles. The van der Waals surface area contributed by atoms with Gasteiger partial charge in [-0.25, -0.2) is 8.42 Å². The van der Waals surface area contributed by atoms with Gasteiger partial charge in [-0.2, -0.15) is 0 Å². The monoisotopic (exact) mass is 255 g/mol. The van der Waals surface area contributed by atoms with Crippen molar-refractivity contribution < 1.29 is 8.42 Å². The molecular weight excluding hydrogens is 234 g/mol. The lowest BCUT2D eigenvalue weighted by Crippen LogP contribution is -2.31. The van der Waals surface area contributed by atoms with Gasteiger partial charge in [-0.3, -0.25) is 0 Å². The summed E-state index contributed by atoms with van der Waals surface area (Å²) < 4.78 is 21.4. The highest BCUT2D eigenvalue weighted by Gasteiger charge is 2.12. The van der Waals surface area contributed by atoms with Crippen LogP contribution in [-0.4, -0.2) is 38.7 Å². The molecule has 0 aromatic rings. The van der Waals surface area contributed by atoms with Gasteiger partial charge in [-0.05, 0) is 39.3 Å². The van der Waals surface area contributed by atoms with E-state index < -0.39 is 9.05 Å². The van der Waals surface area contributed by atoms with Crippen LogP contribution in [0.2, 0.25) is 0 Å². The van der Waals surface area contributed by atoms with Crippen LogP contribution in [0.4, 0.5) is 0 Å². The number of rotatable bonds is 7. The van der Waals surface area contributed by atoms with Gasteiger partial charge in [0.25, 0.3) is 0 Å². The maximum absolute atomic E-state index is 10.7. The Labute approximate surface area is 98.2 Å². The van der Waals surface area contributed by atoms with Crippen LogP contribution in [0.15, 0.2) is 0 Å². The third-order valence-corrected chi connectivity index (χ3v) is 3.70. The van der Waals surface area contributed by atoms with E-state index >= 15 is 0 Å². The molecule has 0 rings (SSSR count). The van der Waals surface area contributed by atoms with Crippen LogP contribution in [-0.2, 0) is 9.05 Å². The van der Waals surface area contributed by atoms with Crippen molar-refractivity contribution in [1.29, 1.82) is 0 Å². The molecule has 5 heteroatoms. The molecule has 0 bridgehead atoms. The van der Waals surface area contributed by atoms with Gasteiger partial charge in [0.15, 0.2) is 0 Å². The van der Waals surface area contributed by atoms with Crippen molar-refractivity contribution in [1.82, 2.24) is 4.90 Å². The molecule has 0 aliphatic rings. The highest BCUT2D eigenvalue weighted by Crippen LogP contribution is 2.10. The molecule has 0 saturated carbocycles. The van der Waals surface area contributed by atoms with Crippen molar-refractivity contribution in [2.75, 3.05) is 19.3 Å². The summed E-state index contributed by atoms with van der Waals surface area (Å²) in [6.07, 6.45) is 1.73. The third kappa shape index (κ3) is 9.15. The van der Waals surface area contributed by atoms with Crippen molar-refractivity contribution in [2.45, 2.75) is 39.7 Å². The predicted octanol–water partition coefficient (Wildman–Crippen LogP) is 2.31. The molecule has 0 fully saturated rings. The number of nitrogens with zero attached hydrogens (tertiary/aromatic N) is 1. The Morgan fingerprint density at radius 2 is 1.80 bits per heavy atom. The largest absolute Gasteiger partial charge is 0.304 e. The van der Waals surface area contributed by atoms with E-state index in [1.54, 1.807) is 0 Å². The summed E-state index contributed by atoms with van der Waals surface area (Å²) in [5.41, 5.74) is 0. The lowest BCUT2D eigenvalue weighted by molar-refractivity contribution is 0.229. The molecule has 92 valence electrons. The quantitative estimate of drug-likeness (QED) is 0.656. The first kappa shape index (κ1) is 15.2. The summed E-state index contributed by atoms with van der Waals surface area (Å²) in [6.45, 7) is 7.32. The zero-order valence-corrected chi connectivity index (χ0v) is 11.6. The maximum atomic E-state index is 10.7. The molecule has 0 N–H and O–H groups in total. The molecule has 3 nitrogen and oxygen atoms in total. The minimum Gasteiger partial charge on any atom is -0.304 e. The highest BCUT2D eigenvalue weighted by molar-refractivity contribution is 8.13. The van der Waals surface area contributed by atoms with E-state index in [1.807, 2.05) is 7.05 Å². The van der Waals surface area contributed by atoms with Gasteiger partial charge in [0.2, 0.25) is 9.05 Å². The number of hydrogen-bond donors (Lipinski definition) is 0. The van der Waals surface area contributed by atoms with Crippen LogP contribution < -0.4 is 0 Å². The Bertz CT molecular complexity index is 265. The van der Waals surface area contributed by atoms with Gasteiger partial charge in [-0.15, -0.1) is 0 Å². The molecule has 0 aromatic heterocycles. The summed E-state index contributed by atoms with van der Waals surface area (Å²) >= 11 is 0. The molecule has 0 aliphatic heterocycles. The van der Waals surface area contributed by atoms with Crippen molar-refractivity contribution in [3.8, 4) is 0 Å². The number of halogens is 1. The maximum Gasteiger partial charge on any atom is 0.232 e. The lowest BCUT2D eigenvalue weighted by atomic mass is 10.0. The Balaban J connectivity index is 3.78.